The molecule has 1 unspecified atom stereocenters. The lowest BCUT2D eigenvalue weighted by Crippen LogP contribution is -2.36. The first-order valence-corrected chi connectivity index (χ1v) is 4.53. The summed E-state index contributed by atoms with van der Waals surface area (Å²) < 4.78 is 0. The van der Waals surface area contributed by atoms with Crippen LogP contribution in [0.4, 0.5) is 0 Å². The molecule has 12 heavy (non-hydrogen) atoms. The molecule has 0 aromatic rings. The zero-order valence-corrected chi connectivity index (χ0v) is 8.55. The average molecular weight is 172 g/mol. The number of hydrogen-bond acceptors (Lipinski definition) is 2. The summed E-state index contributed by atoms with van der Waals surface area (Å²) in [6.07, 6.45) is 1.02. The number of hydrogen-bond donors (Lipinski definition) is 1. The normalized spacial score (nSPS) is 12.7. The van der Waals surface area contributed by atoms with Crippen molar-refractivity contribution in [1.29, 1.82) is 0 Å². The van der Waals surface area contributed by atoms with Gasteiger partial charge in [0, 0.05) is 26.1 Å². The SMILES string of the molecule is CCCN(C)C(=O)C(C)CNC. The van der Waals surface area contributed by atoms with Gasteiger partial charge >= 0.3 is 0 Å². The van der Waals surface area contributed by atoms with E-state index in [9.17, 15) is 4.79 Å². The molecule has 1 amide bonds. The molecule has 0 saturated heterocycles. The molecule has 0 saturated carbocycles. The van der Waals surface area contributed by atoms with Crippen LogP contribution in [0.2, 0.25) is 0 Å². The Morgan fingerprint density at radius 3 is 2.58 bits per heavy atom. The van der Waals surface area contributed by atoms with Crippen LogP contribution >= 0.6 is 0 Å². The van der Waals surface area contributed by atoms with E-state index >= 15 is 0 Å². The molecule has 0 bridgehead atoms. The maximum Gasteiger partial charge on any atom is 0.226 e. The molecule has 0 aromatic heterocycles. The van der Waals surface area contributed by atoms with Crippen LogP contribution in [0.3, 0.4) is 0 Å². The molecule has 0 radical (unpaired) electrons. The van der Waals surface area contributed by atoms with Gasteiger partial charge in [-0.05, 0) is 13.5 Å². The first-order valence-electron chi connectivity index (χ1n) is 4.53. The van der Waals surface area contributed by atoms with Gasteiger partial charge in [0.15, 0.2) is 0 Å². The van der Waals surface area contributed by atoms with Crippen molar-refractivity contribution in [1.82, 2.24) is 10.2 Å². The second-order valence-corrected chi connectivity index (χ2v) is 3.22. The van der Waals surface area contributed by atoms with E-state index in [1.165, 1.54) is 0 Å². The smallest absolute Gasteiger partial charge is 0.226 e. The highest BCUT2D eigenvalue weighted by Crippen LogP contribution is 1.99. The summed E-state index contributed by atoms with van der Waals surface area (Å²) in [5.41, 5.74) is 0. The van der Waals surface area contributed by atoms with Gasteiger partial charge in [-0.3, -0.25) is 4.79 Å². The zero-order valence-electron chi connectivity index (χ0n) is 8.55. The Hall–Kier alpha value is -0.570. The lowest BCUT2D eigenvalue weighted by atomic mass is 10.1. The van der Waals surface area contributed by atoms with Crippen LogP contribution in [0.5, 0.6) is 0 Å². The predicted molar refractivity (Wildman–Crippen MR) is 51.0 cm³/mol. The van der Waals surface area contributed by atoms with Gasteiger partial charge in [0.05, 0.1) is 0 Å². The molecule has 3 nitrogen and oxygen atoms in total. The third kappa shape index (κ3) is 3.72. The van der Waals surface area contributed by atoms with Crippen molar-refractivity contribution in [3.8, 4) is 0 Å². The Morgan fingerprint density at radius 1 is 1.58 bits per heavy atom. The van der Waals surface area contributed by atoms with Crippen LogP contribution in [0, 0.1) is 5.92 Å². The third-order valence-corrected chi connectivity index (χ3v) is 1.87. The lowest BCUT2D eigenvalue weighted by molar-refractivity contribution is -0.133. The molecule has 1 N–H and O–H groups in total. The minimum Gasteiger partial charge on any atom is -0.346 e. The molecule has 0 aliphatic heterocycles. The average Bonchev–Trinajstić information content (AvgIpc) is 2.04. The summed E-state index contributed by atoms with van der Waals surface area (Å²) in [7, 11) is 3.72. The molecule has 0 aliphatic carbocycles. The molecule has 1 atom stereocenters. The van der Waals surface area contributed by atoms with Crippen LogP contribution < -0.4 is 5.32 Å². The van der Waals surface area contributed by atoms with E-state index in [2.05, 4.69) is 12.2 Å². The zero-order chi connectivity index (χ0) is 9.56. The van der Waals surface area contributed by atoms with Crippen molar-refractivity contribution >= 4 is 5.91 Å². The number of nitrogens with zero attached hydrogens (tertiary/aromatic N) is 1. The van der Waals surface area contributed by atoms with E-state index in [0.29, 0.717) is 0 Å². The second kappa shape index (κ2) is 6.00. The molecule has 0 rings (SSSR count). The Bertz CT molecular complexity index is 122. The topological polar surface area (TPSA) is 32.3 Å². The van der Waals surface area contributed by atoms with Gasteiger partial charge in [0.2, 0.25) is 5.91 Å². The largest absolute Gasteiger partial charge is 0.346 e. The van der Waals surface area contributed by atoms with Crippen molar-refractivity contribution in [2.75, 3.05) is 27.2 Å². The molecule has 72 valence electrons. The van der Waals surface area contributed by atoms with Crippen molar-refractivity contribution in [2.45, 2.75) is 20.3 Å². The Labute approximate surface area is 75.1 Å². The monoisotopic (exact) mass is 172 g/mol. The maximum atomic E-state index is 11.5. The standard InChI is InChI=1S/C9H20N2O/c1-5-6-11(4)9(12)8(2)7-10-3/h8,10H,5-7H2,1-4H3. The van der Waals surface area contributed by atoms with E-state index < -0.39 is 0 Å². The van der Waals surface area contributed by atoms with E-state index in [4.69, 9.17) is 0 Å². The highest BCUT2D eigenvalue weighted by molar-refractivity contribution is 5.78. The molecule has 0 spiro atoms. The molecular weight excluding hydrogens is 152 g/mol. The van der Waals surface area contributed by atoms with Crippen molar-refractivity contribution < 1.29 is 4.79 Å². The van der Waals surface area contributed by atoms with Crippen molar-refractivity contribution in [2.24, 2.45) is 5.92 Å². The highest BCUT2D eigenvalue weighted by Gasteiger charge is 2.15. The Kier molecular flexibility index (Phi) is 5.72. The highest BCUT2D eigenvalue weighted by atomic mass is 16.2. The summed E-state index contributed by atoms with van der Waals surface area (Å²) in [6, 6.07) is 0. The van der Waals surface area contributed by atoms with Gasteiger partial charge in [-0.2, -0.15) is 0 Å². The van der Waals surface area contributed by atoms with Crippen molar-refractivity contribution in [3.05, 3.63) is 0 Å². The van der Waals surface area contributed by atoms with Crippen LogP contribution in [-0.4, -0.2) is 38.0 Å². The van der Waals surface area contributed by atoms with E-state index in [0.717, 1.165) is 19.5 Å². The minimum atomic E-state index is 0.0894. The summed E-state index contributed by atoms with van der Waals surface area (Å²) in [5.74, 6) is 0.317. The summed E-state index contributed by atoms with van der Waals surface area (Å²) in [4.78, 5) is 13.3. The molecule has 0 aliphatic rings. The van der Waals surface area contributed by atoms with Gasteiger partial charge in [-0.25, -0.2) is 0 Å². The molecule has 0 fully saturated rings. The fourth-order valence-electron chi connectivity index (χ4n) is 1.22. The van der Waals surface area contributed by atoms with E-state index in [1.54, 1.807) is 4.90 Å². The fourth-order valence-corrected chi connectivity index (χ4v) is 1.22. The van der Waals surface area contributed by atoms with Gasteiger partial charge < -0.3 is 10.2 Å². The number of nitrogens with one attached hydrogen (secondary N) is 1. The van der Waals surface area contributed by atoms with Crippen LogP contribution in [0.15, 0.2) is 0 Å². The van der Waals surface area contributed by atoms with Gasteiger partial charge in [-0.15, -0.1) is 0 Å². The van der Waals surface area contributed by atoms with Gasteiger partial charge in [-0.1, -0.05) is 13.8 Å². The second-order valence-electron chi connectivity index (χ2n) is 3.22. The summed E-state index contributed by atoms with van der Waals surface area (Å²) in [5, 5.41) is 3.00. The van der Waals surface area contributed by atoms with Gasteiger partial charge in [0.1, 0.15) is 0 Å². The minimum absolute atomic E-state index is 0.0894. The third-order valence-electron chi connectivity index (χ3n) is 1.87. The fraction of sp³-hybridized carbons (Fsp3) is 0.889. The number of rotatable bonds is 5. The van der Waals surface area contributed by atoms with E-state index in [-0.39, 0.29) is 11.8 Å². The first kappa shape index (κ1) is 11.4. The molecule has 0 aromatic carbocycles. The number of carbonyl (C=O) groups excluding carboxylic acids is 1. The number of amides is 1. The Morgan fingerprint density at radius 2 is 2.17 bits per heavy atom. The maximum absolute atomic E-state index is 11.5. The van der Waals surface area contributed by atoms with Crippen molar-refractivity contribution in [3.63, 3.8) is 0 Å². The van der Waals surface area contributed by atoms with Crippen LogP contribution in [0.25, 0.3) is 0 Å². The Balaban J connectivity index is 3.82. The van der Waals surface area contributed by atoms with Crippen LogP contribution in [0.1, 0.15) is 20.3 Å². The predicted octanol–water partition coefficient (Wildman–Crippen LogP) is 0.710. The first-order chi connectivity index (χ1) is 5.63. The summed E-state index contributed by atoms with van der Waals surface area (Å²) >= 11 is 0. The van der Waals surface area contributed by atoms with E-state index in [1.807, 2.05) is 21.0 Å². The summed E-state index contributed by atoms with van der Waals surface area (Å²) in [6.45, 7) is 5.64. The molecule has 3 heteroatoms. The van der Waals surface area contributed by atoms with Gasteiger partial charge in [0.25, 0.3) is 0 Å². The van der Waals surface area contributed by atoms with Crippen LogP contribution in [-0.2, 0) is 4.79 Å². The quantitative estimate of drug-likeness (QED) is 0.662. The number of carbonyl (C=O) groups is 1. The molecule has 0 heterocycles. The molecular formula is C9H20N2O. The lowest BCUT2D eigenvalue weighted by Gasteiger charge is -2.20.